The van der Waals surface area contributed by atoms with Crippen LogP contribution in [0.15, 0.2) is 65.3 Å². The third-order valence-corrected chi connectivity index (χ3v) is 6.33. The summed E-state index contributed by atoms with van der Waals surface area (Å²) in [4.78, 5) is 26.7. The van der Waals surface area contributed by atoms with E-state index < -0.39 is 11.9 Å². The highest BCUT2D eigenvalue weighted by atomic mass is 16.5. The molecule has 2 aliphatic rings. The Balaban J connectivity index is 1.88. The van der Waals surface area contributed by atoms with Crippen molar-refractivity contribution in [3.63, 3.8) is 0 Å². The van der Waals surface area contributed by atoms with Crippen LogP contribution in [0.3, 0.4) is 0 Å². The summed E-state index contributed by atoms with van der Waals surface area (Å²) >= 11 is 0. The van der Waals surface area contributed by atoms with Crippen LogP contribution in [0.25, 0.3) is 0 Å². The first kappa shape index (κ1) is 24.2. The van der Waals surface area contributed by atoms with Crippen molar-refractivity contribution in [1.82, 2.24) is 0 Å². The number of ketones is 1. The molecule has 1 aliphatic carbocycles. The molecule has 0 radical (unpaired) electrons. The molecule has 2 aromatic carbocycles. The van der Waals surface area contributed by atoms with E-state index in [4.69, 9.17) is 29.4 Å². The predicted octanol–water partition coefficient (Wildman–Crippen LogP) is 3.96. The second kappa shape index (κ2) is 10.1. The zero-order chi connectivity index (χ0) is 25.1. The van der Waals surface area contributed by atoms with Crippen LogP contribution in [0, 0.1) is 0 Å². The van der Waals surface area contributed by atoms with E-state index in [2.05, 4.69) is 0 Å². The first-order chi connectivity index (χ1) is 16.9. The van der Waals surface area contributed by atoms with Crippen molar-refractivity contribution in [1.29, 1.82) is 0 Å². The SMILES string of the molecule is CCOC(=O)C1=C(N)OC2=C(C(=O)C[C@H](c3ccccc3)C2)[C@H]1c1cc(OC)c(OC)c(OC)c1. The minimum absolute atomic E-state index is 0.0556. The molecule has 184 valence electrons. The number of rotatable bonds is 7. The van der Waals surface area contributed by atoms with Gasteiger partial charge < -0.3 is 29.4 Å². The highest BCUT2D eigenvalue weighted by molar-refractivity contribution is 6.03. The number of esters is 1. The molecule has 0 aromatic heterocycles. The first-order valence-corrected chi connectivity index (χ1v) is 11.4. The number of Topliss-reactive ketones (excluding diaryl/α,β-unsaturated/α-hetero) is 1. The molecule has 4 rings (SSSR count). The van der Waals surface area contributed by atoms with Gasteiger partial charge >= 0.3 is 5.97 Å². The number of allylic oxidation sites excluding steroid dienone is 2. The van der Waals surface area contributed by atoms with Crippen molar-refractivity contribution < 1.29 is 33.3 Å². The zero-order valence-electron chi connectivity index (χ0n) is 20.3. The Labute approximate surface area is 204 Å². The molecule has 0 bridgehead atoms. The minimum Gasteiger partial charge on any atom is -0.493 e. The maximum Gasteiger partial charge on any atom is 0.340 e. The van der Waals surface area contributed by atoms with E-state index in [-0.39, 0.29) is 36.2 Å². The molecule has 1 aliphatic heterocycles. The Bertz CT molecular complexity index is 1170. The smallest absolute Gasteiger partial charge is 0.340 e. The molecule has 0 amide bonds. The third-order valence-electron chi connectivity index (χ3n) is 6.33. The molecule has 0 saturated carbocycles. The van der Waals surface area contributed by atoms with Crippen LogP contribution >= 0.6 is 0 Å². The van der Waals surface area contributed by atoms with E-state index in [1.807, 2.05) is 30.3 Å². The lowest BCUT2D eigenvalue weighted by atomic mass is 9.73. The Kier molecular flexibility index (Phi) is 7.00. The molecule has 2 atom stereocenters. The van der Waals surface area contributed by atoms with Gasteiger partial charge in [0, 0.05) is 18.4 Å². The van der Waals surface area contributed by atoms with Crippen molar-refractivity contribution >= 4 is 11.8 Å². The molecule has 35 heavy (non-hydrogen) atoms. The maximum atomic E-state index is 13.6. The molecule has 1 heterocycles. The molecular formula is C27H29NO7. The number of nitrogens with two attached hydrogens (primary N) is 1. The molecular weight excluding hydrogens is 450 g/mol. The number of carbonyl (C=O) groups excluding carboxylic acids is 2. The van der Waals surface area contributed by atoms with Gasteiger partial charge in [0.1, 0.15) is 11.3 Å². The predicted molar refractivity (Wildman–Crippen MR) is 128 cm³/mol. The number of methoxy groups -OCH3 is 3. The summed E-state index contributed by atoms with van der Waals surface area (Å²) in [6.45, 7) is 1.85. The van der Waals surface area contributed by atoms with Crippen LogP contribution in [-0.4, -0.2) is 39.7 Å². The van der Waals surface area contributed by atoms with Gasteiger partial charge in [-0.15, -0.1) is 0 Å². The Hall–Kier alpha value is -3.94. The number of ether oxygens (including phenoxy) is 5. The second-order valence-electron chi connectivity index (χ2n) is 8.27. The molecule has 2 aromatic rings. The van der Waals surface area contributed by atoms with Crippen molar-refractivity contribution in [3.8, 4) is 17.2 Å². The molecule has 0 unspecified atom stereocenters. The van der Waals surface area contributed by atoms with Gasteiger partial charge in [0.15, 0.2) is 17.3 Å². The van der Waals surface area contributed by atoms with Crippen LogP contribution in [0.5, 0.6) is 17.2 Å². The van der Waals surface area contributed by atoms with Crippen LogP contribution in [-0.2, 0) is 19.1 Å². The zero-order valence-corrected chi connectivity index (χ0v) is 20.3. The topological polar surface area (TPSA) is 106 Å². The summed E-state index contributed by atoms with van der Waals surface area (Å²) in [5.41, 5.74) is 8.38. The molecule has 0 spiro atoms. The lowest BCUT2D eigenvalue weighted by Gasteiger charge is -2.35. The largest absolute Gasteiger partial charge is 0.493 e. The second-order valence-corrected chi connectivity index (χ2v) is 8.27. The van der Waals surface area contributed by atoms with Crippen LogP contribution < -0.4 is 19.9 Å². The van der Waals surface area contributed by atoms with Gasteiger partial charge in [0.05, 0.1) is 33.9 Å². The van der Waals surface area contributed by atoms with Gasteiger partial charge in [-0.05, 0) is 36.1 Å². The highest BCUT2D eigenvalue weighted by Gasteiger charge is 2.44. The van der Waals surface area contributed by atoms with Crippen LogP contribution in [0.1, 0.15) is 42.7 Å². The minimum atomic E-state index is -0.810. The first-order valence-electron chi connectivity index (χ1n) is 11.4. The maximum absolute atomic E-state index is 13.6. The van der Waals surface area contributed by atoms with Crippen LogP contribution in [0.2, 0.25) is 0 Å². The summed E-state index contributed by atoms with van der Waals surface area (Å²) in [7, 11) is 4.51. The van der Waals surface area contributed by atoms with Crippen molar-refractivity contribution in [2.24, 2.45) is 5.73 Å². The average molecular weight is 480 g/mol. The standard InChI is InChI=1S/C27H29NO7/c1-5-34-27(30)24-22(17-13-20(31-2)25(33-4)21(14-17)32-3)23-18(29)11-16(12-19(23)35-26(24)28)15-9-7-6-8-10-15/h6-10,13-14,16,22H,5,11-12,28H2,1-4H3/t16-,22+/m0/s1. The average Bonchev–Trinajstić information content (AvgIpc) is 2.87. The van der Waals surface area contributed by atoms with Gasteiger partial charge in [-0.1, -0.05) is 30.3 Å². The lowest BCUT2D eigenvalue weighted by molar-refractivity contribution is -0.139. The number of hydrogen-bond donors (Lipinski definition) is 1. The third kappa shape index (κ3) is 4.43. The normalized spacial score (nSPS) is 19.6. The van der Waals surface area contributed by atoms with E-state index in [0.717, 1.165) is 5.56 Å². The molecule has 8 nitrogen and oxygen atoms in total. The fraction of sp³-hybridized carbons (Fsp3) is 0.333. The number of benzene rings is 2. The van der Waals surface area contributed by atoms with Gasteiger partial charge in [-0.3, -0.25) is 4.79 Å². The monoisotopic (exact) mass is 479 g/mol. The molecule has 0 fully saturated rings. The van der Waals surface area contributed by atoms with Gasteiger partial charge in [-0.25, -0.2) is 4.79 Å². The van der Waals surface area contributed by atoms with E-state index in [0.29, 0.717) is 40.6 Å². The van der Waals surface area contributed by atoms with E-state index >= 15 is 0 Å². The lowest BCUT2D eigenvalue weighted by Crippen LogP contribution is -2.33. The Morgan fingerprint density at radius 3 is 2.23 bits per heavy atom. The van der Waals surface area contributed by atoms with Gasteiger partial charge in [0.25, 0.3) is 0 Å². The van der Waals surface area contributed by atoms with Gasteiger partial charge in [0.2, 0.25) is 11.6 Å². The Morgan fingerprint density at radius 1 is 1.00 bits per heavy atom. The Morgan fingerprint density at radius 2 is 1.66 bits per heavy atom. The van der Waals surface area contributed by atoms with E-state index in [1.54, 1.807) is 19.1 Å². The fourth-order valence-electron chi connectivity index (χ4n) is 4.78. The van der Waals surface area contributed by atoms with E-state index in [1.165, 1.54) is 21.3 Å². The quantitative estimate of drug-likeness (QED) is 0.595. The summed E-state index contributed by atoms with van der Waals surface area (Å²) in [6.07, 6.45) is 0.756. The molecule has 8 heteroatoms. The van der Waals surface area contributed by atoms with Gasteiger partial charge in [-0.2, -0.15) is 0 Å². The summed E-state index contributed by atoms with van der Waals surface area (Å²) in [5.74, 6) is -0.0711. The summed E-state index contributed by atoms with van der Waals surface area (Å²) in [6, 6.07) is 13.2. The number of hydrogen-bond acceptors (Lipinski definition) is 8. The molecule has 0 saturated heterocycles. The fourth-order valence-corrected chi connectivity index (χ4v) is 4.78. The summed E-state index contributed by atoms with van der Waals surface area (Å²) in [5, 5.41) is 0. The summed E-state index contributed by atoms with van der Waals surface area (Å²) < 4.78 is 27.7. The highest BCUT2D eigenvalue weighted by Crippen LogP contribution is 2.50. The van der Waals surface area contributed by atoms with Crippen molar-refractivity contribution in [3.05, 3.63) is 76.4 Å². The van der Waals surface area contributed by atoms with Crippen LogP contribution in [0.4, 0.5) is 0 Å². The number of carbonyl (C=O) groups is 2. The molecule has 2 N–H and O–H groups in total. The van der Waals surface area contributed by atoms with Crippen molar-refractivity contribution in [2.45, 2.75) is 31.6 Å². The van der Waals surface area contributed by atoms with E-state index in [9.17, 15) is 9.59 Å². The van der Waals surface area contributed by atoms with Crippen molar-refractivity contribution in [2.75, 3.05) is 27.9 Å².